The van der Waals surface area contributed by atoms with Crippen LogP contribution in [0.2, 0.25) is 0 Å². The molecule has 9 nitrogen and oxygen atoms in total. The first-order valence-corrected chi connectivity index (χ1v) is 17.5. The molecular weight excluding hydrogens is 619 g/mol. The van der Waals surface area contributed by atoms with Crippen molar-refractivity contribution in [2.24, 2.45) is 12.1 Å². The maximum absolute atomic E-state index is 8.77. The summed E-state index contributed by atoms with van der Waals surface area (Å²) < 4.78 is 0. The van der Waals surface area contributed by atoms with Crippen LogP contribution in [0.4, 0.5) is 0 Å². The molecule has 1 aromatic heterocycles. The Balaban J connectivity index is 0.000000349. The first kappa shape index (κ1) is 41.1. The van der Waals surface area contributed by atoms with Gasteiger partial charge in [-0.15, -0.1) is 0 Å². The van der Waals surface area contributed by atoms with Gasteiger partial charge >= 0.3 is 0 Å². The van der Waals surface area contributed by atoms with Gasteiger partial charge in [-0.05, 0) is 86.9 Å². The van der Waals surface area contributed by atoms with Gasteiger partial charge in [-0.3, -0.25) is 4.90 Å². The highest BCUT2D eigenvalue weighted by atomic mass is 15.6. The molecule has 1 saturated carbocycles. The average Bonchev–Trinajstić information content (AvgIpc) is 3.91. The minimum Gasteiger partial charge on any atom is -0.373 e. The molecule has 1 unspecified atom stereocenters. The Bertz CT molecular complexity index is 1570. The summed E-state index contributed by atoms with van der Waals surface area (Å²) in [6.45, 7) is 30.7. The summed E-state index contributed by atoms with van der Waals surface area (Å²) in [4.78, 5) is 7.63. The van der Waals surface area contributed by atoms with Gasteiger partial charge in [0, 0.05) is 51.3 Å². The van der Waals surface area contributed by atoms with Crippen LogP contribution in [0, 0.1) is 18.3 Å². The van der Waals surface area contributed by atoms with E-state index >= 15 is 0 Å². The van der Waals surface area contributed by atoms with Crippen LogP contribution in [0.3, 0.4) is 0 Å². The van der Waals surface area contributed by atoms with Gasteiger partial charge in [0.2, 0.25) is 0 Å². The summed E-state index contributed by atoms with van der Waals surface area (Å²) in [6, 6.07) is 8.58. The zero-order valence-corrected chi connectivity index (χ0v) is 31.6. The number of hydrazone groups is 1. The molecular formula is C41H59N9. The third-order valence-electron chi connectivity index (χ3n) is 9.07. The van der Waals surface area contributed by atoms with Crippen molar-refractivity contribution in [3.8, 4) is 6.07 Å². The van der Waals surface area contributed by atoms with E-state index in [9.17, 15) is 0 Å². The van der Waals surface area contributed by atoms with Crippen LogP contribution in [0.1, 0.15) is 81.9 Å². The Labute approximate surface area is 302 Å². The van der Waals surface area contributed by atoms with Crippen molar-refractivity contribution in [1.82, 2.24) is 34.7 Å². The number of rotatable bonds is 14. The van der Waals surface area contributed by atoms with E-state index < -0.39 is 0 Å². The lowest BCUT2D eigenvalue weighted by Gasteiger charge is -2.26. The third-order valence-corrected chi connectivity index (χ3v) is 9.07. The lowest BCUT2D eigenvalue weighted by atomic mass is 9.92. The van der Waals surface area contributed by atoms with E-state index in [1.165, 1.54) is 41.6 Å². The van der Waals surface area contributed by atoms with E-state index in [0.29, 0.717) is 6.04 Å². The monoisotopic (exact) mass is 677 g/mol. The summed E-state index contributed by atoms with van der Waals surface area (Å²) >= 11 is 0. The third kappa shape index (κ3) is 13.1. The van der Waals surface area contributed by atoms with E-state index in [2.05, 4.69) is 97.8 Å². The predicted octanol–water partition coefficient (Wildman–Crippen LogP) is 8.64. The van der Waals surface area contributed by atoms with Gasteiger partial charge in [-0.1, -0.05) is 77.3 Å². The Morgan fingerprint density at radius 1 is 0.980 bits per heavy atom. The molecule has 1 aliphatic heterocycles. The van der Waals surface area contributed by atoms with Crippen molar-refractivity contribution in [3.05, 3.63) is 133 Å². The molecule has 9 heteroatoms. The average molecular weight is 678 g/mol. The van der Waals surface area contributed by atoms with Gasteiger partial charge < -0.3 is 9.80 Å². The fourth-order valence-corrected chi connectivity index (χ4v) is 5.30. The molecule has 2 aromatic rings. The highest BCUT2D eigenvalue weighted by Gasteiger charge is 2.24. The van der Waals surface area contributed by atoms with Gasteiger partial charge in [0.25, 0.3) is 0 Å². The number of hydrogen-bond donors (Lipinski definition) is 0. The van der Waals surface area contributed by atoms with Crippen LogP contribution in [-0.2, 0) is 7.05 Å². The van der Waals surface area contributed by atoms with Crippen LogP contribution >= 0.6 is 0 Å². The van der Waals surface area contributed by atoms with Gasteiger partial charge in [0.15, 0.2) is 0 Å². The molecule has 0 spiro atoms. The second-order valence-electron chi connectivity index (χ2n) is 12.8. The molecule has 0 N–H and O–H groups in total. The molecule has 2 heterocycles. The lowest BCUT2D eigenvalue weighted by Crippen LogP contribution is -2.29. The van der Waals surface area contributed by atoms with Gasteiger partial charge in [-0.2, -0.15) is 25.4 Å². The largest absolute Gasteiger partial charge is 0.373 e. The number of aryl methyl sites for hydroxylation is 2. The Morgan fingerprint density at radius 2 is 1.56 bits per heavy atom. The van der Waals surface area contributed by atoms with Crippen molar-refractivity contribution in [3.63, 3.8) is 0 Å². The topological polar surface area (TPSA) is 79.8 Å². The number of likely N-dealkylation sites (N-methyl/N-ethyl adjacent to an activating group) is 2. The molecule has 268 valence electrons. The van der Waals surface area contributed by atoms with Crippen LogP contribution in [0.5, 0.6) is 0 Å². The number of aromatic nitrogens is 3. The normalized spacial score (nSPS) is 14.6. The van der Waals surface area contributed by atoms with Crippen LogP contribution in [0.25, 0.3) is 0 Å². The first-order valence-electron chi connectivity index (χ1n) is 17.5. The van der Waals surface area contributed by atoms with Gasteiger partial charge in [0.05, 0.1) is 30.1 Å². The molecule has 4 rings (SSSR count). The van der Waals surface area contributed by atoms with Crippen LogP contribution in [0.15, 0.2) is 121 Å². The van der Waals surface area contributed by atoms with Gasteiger partial charge in [0.1, 0.15) is 12.2 Å². The van der Waals surface area contributed by atoms with Crippen molar-refractivity contribution in [2.45, 2.75) is 78.2 Å². The summed E-state index contributed by atoms with van der Waals surface area (Å²) in [5.41, 5.74) is 7.30. The summed E-state index contributed by atoms with van der Waals surface area (Å²) in [5, 5.41) is 22.6. The first-order chi connectivity index (χ1) is 23.8. The van der Waals surface area contributed by atoms with Gasteiger partial charge in [-0.25, -0.2) is 5.01 Å². The smallest absolute Gasteiger partial charge is 0.128 e. The number of nitrogens with zero attached hydrogens (tertiary/aromatic N) is 9. The zero-order chi connectivity index (χ0) is 37.2. The van der Waals surface area contributed by atoms with Crippen LogP contribution < -0.4 is 0 Å². The highest BCUT2D eigenvalue weighted by Crippen LogP contribution is 2.35. The molecule has 1 atom stereocenters. The van der Waals surface area contributed by atoms with Crippen molar-refractivity contribution < 1.29 is 0 Å². The van der Waals surface area contributed by atoms with E-state index in [-0.39, 0.29) is 0 Å². The molecule has 1 aromatic carbocycles. The number of nitriles is 1. The molecule has 0 bridgehead atoms. The summed E-state index contributed by atoms with van der Waals surface area (Å²) in [6.07, 6.45) is 20.3. The quantitative estimate of drug-likeness (QED) is 0.185. The number of allylic oxidation sites excluding steroid dienone is 5. The maximum atomic E-state index is 8.77. The SMILES string of the molecule is C=C(/C=C\C(=C)N(C)CCN(C)C(=C)/C=C\C(=C)N1C=NN(C(C)CC)C1=C)CC.Cc1cc(C#N)ccc1C1CCCC1.Cn1nccn1. The fourth-order valence-electron chi connectivity index (χ4n) is 5.30. The van der Waals surface area contributed by atoms with Crippen molar-refractivity contribution >= 4 is 6.34 Å². The summed E-state index contributed by atoms with van der Waals surface area (Å²) in [7, 11) is 5.85. The maximum Gasteiger partial charge on any atom is 0.128 e. The second kappa shape index (κ2) is 21.1. The van der Waals surface area contributed by atoms with Crippen molar-refractivity contribution in [1.29, 1.82) is 5.26 Å². The molecule has 50 heavy (non-hydrogen) atoms. The Kier molecular flexibility index (Phi) is 17.3. The molecule has 0 saturated heterocycles. The minimum absolute atomic E-state index is 0.304. The molecule has 2 aliphatic rings. The summed E-state index contributed by atoms with van der Waals surface area (Å²) in [5.74, 6) is 1.57. The number of hydrogen-bond acceptors (Lipinski definition) is 8. The number of benzene rings is 1. The van der Waals surface area contributed by atoms with E-state index in [1.807, 2.05) is 60.4 Å². The molecule has 1 fully saturated rings. The van der Waals surface area contributed by atoms with Crippen molar-refractivity contribution in [2.75, 3.05) is 27.2 Å². The Morgan fingerprint density at radius 3 is 2.04 bits per heavy atom. The van der Waals surface area contributed by atoms with E-state index in [0.717, 1.165) is 65.9 Å². The standard InChI is InChI=1S/C25H39N5.C13H15N.C3H5N3/c1-11-20(3)13-14-22(5)27(9)17-18-28(10)23(6)15-16-24(7)29-19-26-30(25(29)8)21(4)12-2;1-10-8-11(9-14)6-7-13(10)12-4-2-3-5-12;1-6-4-2-3-5-6/h13-16,19,21H,3,5-8,11-12,17-18H2,1-2,4,9-10H3;6-8,12H,2-5H2,1H3;2-3H,1H3/b14-13-,16-15-;;. The second-order valence-corrected chi connectivity index (χ2v) is 12.8. The van der Waals surface area contributed by atoms with E-state index in [1.54, 1.807) is 25.8 Å². The minimum atomic E-state index is 0.304. The van der Waals surface area contributed by atoms with E-state index in [4.69, 9.17) is 5.26 Å². The fraction of sp³-hybridized carbons (Fsp3) is 0.415. The molecule has 0 radical (unpaired) electrons. The molecule has 1 aliphatic carbocycles. The highest BCUT2D eigenvalue weighted by molar-refractivity contribution is 5.64. The van der Waals surface area contributed by atoms with Crippen LogP contribution in [-0.4, -0.2) is 74.3 Å². The lowest BCUT2D eigenvalue weighted by molar-refractivity contribution is 0.260. The molecule has 0 amide bonds. The zero-order valence-electron chi connectivity index (χ0n) is 31.6. The predicted molar refractivity (Wildman–Crippen MR) is 210 cm³/mol. The Hall–Kier alpha value is -5.10.